The summed E-state index contributed by atoms with van der Waals surface area (Å²) in [6.07, 6.45) is 11.2. The van der Waals surface area contributed by atoms with Crippen LogP contribution < -0.4 is 4.90 Å². The van der Waals surface area contributed by atoms with Gasteiger partial charge in [-0.05, 0) is 74.4 Å². The molecular formula is C25H32N2. The average Bonchev–Trinajstić information content (AvgIpc) is 3.26. The van der Waals surface area contributed by atoms with Gasteiger partial charge in [-0.2, -0.15) is 0 Å². The Bertz CT molecular complexity index is 706. The molecule has 2 heterocycles. The fraction of sp³-hybridized carbons (Fsp3) is 0.440. The molecule has 2 heteroatoms. The molecule has 2 fully saturated rings. The number of anilines is 1. The van der Waals surface area contributed by atoms with Gasteiger partial charge in [0.2, 0.25) is 0 Å². The van der Waals surface area contributed by atoms with E-state index >= 15 is 0 Å². The van der Waals surface area contributed by atoms with E-state index in [0.717, 1.165) is 12.5 Å². The third-order valence-corrected chi connectivity index (χ3v) is 6.10. The monoisotopic (exact) mass is 360 g/mol. The van der Waals surface area contributed by atoms with E-state index < -0.39 is 0 Å². The Kier molecular flexibility index (Phi) is 6.26. The number of hydrogen-bond donors (Lipinski definition) is 0. The SMILES string of the molecule is C(=Cc1ccc(N2CCCC2)cc1)CC1CCN(Cc2ccccc2)CC1. The van der Waals surface area contributed by atoms with Crippen LogP contribution in [0.4, 0.5) is 5.69 Å². The van der Waals surface area contributed by atoms with E-state index in [-0.39, 0.29) is 0 Å². The molecule has 2 saturated heterocycles. The van der Waals surface area contributed by atoms with Crippen LogP contribution in [0, 0.1) is 5.92 Å². The van der Waals surface area contributed by atoms with Crippen LogP contribution in [0.25, 0.3) is 6.08 Å². The van der Waals surface area contributed by atoms with Gasteiger partial charge in [-0.15, -0.1) is 0 Å². The van der Waals surface area contributed by atoms with Gasteiger partial charge in [-0.25, -0.2) is 0 Å². The van der Waals surface area contributed by atoms with Crippen molar-refractivity contribution in [1.82, 2.24) is 4.90 Å². The van der Waals surface area contributed by atoms with Crippen molar-refractivity contribution < 1.29 is 0 Å². The molecule has 2 aliphatic rings. The maximum Gasteiger partial charge on any atom is 0.0366 e. The third kappa shape index (κ3) is 5.23. The number of benzene rings is 2. The van der Waals surface area contributed by atoms with Crippen molar-refractivity contribution in [3.63, 3.8) is 0 Å². The van der Waals surface area contributed by atoms with E-state index in [4.69, 9.17) is 0 Å². The second-order valence-electron chi connectivity index (χ2n) is 8.13. The lowest BCUT2D eigenvalue weighted by Crippen LogP contribution is -2.33. The predicted octanol–water partition coefficient (Wildman–Crippen LogP) is 5.60. The molecule has 2 nitrogen and oxygen atoms in total. The minimum Gasteiger partial charge on any atom is -0.372 e. The molecule has 0 unspecified atom stereocenters. The number of likely N-dealkylation sites (tertiary alicyclic amines) is 1. The lowest BCUT2D eigenvalue weighted by atomic mass is 9.93. The first-order valence-corrected chi connectivity index (χ1v) is 10.6. The lowest BCUT2D eigenvalue weighted by Gasteiger charge is -2.31. The van der Waals surface area contributed by atoms with Crippen molar-refractivity contribution in [2.24, 2.45) is 5.92 Å². The molecule has 0 aromatic heterocycles. The molecule has 0 spiro atoms. The first-order chi connectivity index (χ1) is 13.4. The largest absolute Gasteiger partial charge is 0.372 e. The van der Waals surface area contributed by atoms with Gasteiger partial charge in [0.05, 0.1) is 0 Å². The molecule has 0 bridgehead atoms. The van der Waals surface area contributed by atoms with Gasteiger partial charge >= 0.3 is 0 Å². The average molecular weight is 361 g/mol. The van der Waals surface area contributed by atoms with Gasteiger partial charge in [0.15, 0.2) is 0 Å². The van der Waals surface area contributed by atoms with Gasteiger partial charge in [0.1, 0.15) is 0 Å². The molecule has 0 aliphatic carbocycles. The Morgan fingerprint density at radius 2 is 1.52 bits per heavy atom. The van der Waals surface area contributed by atoms with Gasteiger partial charge in [0, 0.05) is 25.3 Å². The number of piperidine rings is 1. The Hall–Kier alpha value is -2.06. The highest BCUT2D eigenvalue weighted by Gasteiger charge is 2.18. The Morgan fingerprint density at radius 1 is 0.815 bits per heavy atom. The van der Waals surface area contributed by atoms with Crippen LogP contribution in [-0.4, -0.2) is 31.1 Å². The Morgan fingerprint density at radius 3 is 2.22 bits per heavy atom. The van der Waals surface area contributed by atoms with E-state index in [1.807, 2.05) is 0 Å². The molecule has 0 radical (unpaired) electrons. The van der Waals surface area contributed by atoms with Crippen LogP contribution in [0.2, 0.25) is 0 Å². The zero-order chi connectivity index (χ0) is 18.3. The molecule has 2 aromatic rings. The lowest BCUT2D eigenvalue weighted by molar-refractivity contribution is 0.178. The van der Waals surface area contributed by atoms with Gasteiger partial charge in [-0.1, -0.05) is 54.6 Å². The molecule has 2 aliphatic heterocycles. The van der Waals surface area contributed by atoms with E-state index in [2.05, 4.69) is 76.5 Å². The zero-order valence-electron chi connectivity index (χ0n) is 16.4. The number of nitrogens with zero attached hydrogens (tertiary/aromatic N) is 2. The fourth-order valence-corrected chi connectivity index (χ4v) is 4.39. The van der Waals surface area contributed by atoms with Crippen LogP contribution >= 0.6 is 0 Å². The molecule has 27 heavy (non-hydrogen) atoms. The summed E-state index contributed by atoms with van der Waals surface area (Å²) < 4.78 is 0. The van der Waals surface area contributed by atoms with Crippen LogP contribution in [0.3, 0.4) is 0 Å². The second-order valence-corrected chi connectivity index (χ2v) is 8.13. The standard InChI is InChI=1S/C25H32N2/c1-2-7-24(8-3-1)21-26-19-15-23(16-20-26)10-6-9-22-11-13-25(14-12-22)27-17-4-5-18-27/h1-3,6-9,11-14,23H,4-5,10,15-21H2. The maximum absolute atomic E-state index is 2.60. The summed E-state index contributed by atoms with van der Waals surface area (Å²) >= 11 is 0. The topological polar surface area (TPSA) is 6.48 Å². The Balaban J connectivity index is 1.20. The second kappa shape index (κ2) is 9.23. The number of hydrogen-bond acceptors (Lipinski definition) is 2. The van der Waals surface area contributed by atoms with Gasteiger partial charge in [-0.3, -0.25) is 4.90 Å². The van der Waals surface area contributed by atoms with Crippen molar-refractivity contribution in [3.05, 3.63) is 71.8 Å². The fourth-order valence-electron chi connectivity index (χ4n) is 4.39. The minimum absolute atomic E-state index is 0.845. The van der Waals surface area contributed by atoms with Crippen molar-refractivity contribution in [2.75, 3.05) is 31.1 Å². The van der Waals surface area contributed by atoms with Crippen LogP contribution in [0.1, 0.15) is 43.2 Å². The maximum atomic E-state index is 2.60. The summed E-state index contributed by atoms with van der Waals surface area (Å²) in [6, 6.07) is 20.0. The number of rotatable bonds is 6. The highest BCUT2D eigenvalue weighted by Crippen LogP contribution is 2.24. The van der Waals surface area contributed by atoms with E-state index in [9.17, 15) is 0 Å². The van der Waals surface area contributed by atoms with Gasteiger partial charge < -0.3 is 4.90 Å². The minimum atomic E-state index is 0.845. The quantitative estimate of drug-likeness (QED) is 0.661. The highest BCUT2D eigenvalue weighted by atomic mass is 15.1. The van der Waals surface area contributed by atoms with E-state index in [0.29, 0.717) is 0 Å². The summed E-state index contributed by atoms with van der Waals surface area (Å²) in [5.41, 5.74) is 4.16. The van der Waals surface area contributed by atoms with Crippen LogP contribution in [-0.2, 0) is 6.54 Å². The molecule has 0 amide bonds. The molecule has 2 aromatic carbocycles. The van der Waals surface area contributed by atoms with E-state index in [1.165, 1.54) is 75.1 Å². The summed E-state index contributed by atoms with van der Waals surface area (Å²) in [5, 5.41) is 0. The zero-order valence-corrected chi connectivity index (χ0v) is 16.4. The highest BCUT2D eigenvalue weighted by molar-refractivity contribution is 5.56. The third-order valence-electron chi connectivity index (χ3n) is 6.10. The van der Waals surface area contributed by atoms with Crippen molar-refractivity contribution in [3.8, 4) is 0 Å². The van der Waals surface area contributed by atoms with Crippen molar-refractivity contribution >= 4 is 11.8 Å². The summed E-state index contributed by atoms with van der Waals surface area (Å²) in [7, 11) is 0. The normalized spacial score (nSPS) is 19.2. The summed E-state index contributed by atoms with van der Waals surface area (Å²) in [5.74, 6) is 0.845. The molecular weight excluding hydrogens is 328 g/mol. The molecule has 0 N–H and O–H groups in total. The first kappa shape index (κ1) is 18.3. The molecule has 0 atom stereocenters. The van der Waals surface area contributed by atoms with Crippen LogP contribution in [0.5, 0.6) is 0 Å². The first-order valence-electron chi connectivity index (χ1n) is 10.6. The number of allylic oxidation sites excluding steroid dienone is 1. The van der Waals surface area contributed by atoms with Crippen molar-refractivity contribution in [1.29, 1.82) is 0 Å². The van der Waals surface area contributed by atoms with Crippen LogP contribution in [0.15, 0.2) is 60.7 Å². The molecule has 4 rings (SSSR count). The smallest absolute Gasteiger partial charge is 0.0366 e. The van der Waals surface area contributed by atoms with Crippen molar-refractivity contribution in [2.45, 2.75) is 38.6 Å². The Labute approximate surface area is 164 Å². The predicted molar refractivity (Wildman–Crippen MR) is 116 cm³/mol. The molecule has 0 saturated carbocycles. The van der Waals surface area contributed by atoms with E-state index in [1.54, 1.807) is 0 Å². The molecule has 142 valence electrons. The summed E-state index contributed by atoms with van der Waals surface area (Å²) in [6.45, 7) is 6.01. The van der Waals surface area contributed by atoms with Gasteiger partial charge in [0.25, 0.3) is 0 Å². The summed E-state index contributed by atoms with van der Waals surface area (Å²) in [4.78, 5) is 5.10.